The molecule has 13 nitrogen and oxygen atoms in total. The largest absolute Gasteiger partial charge is 0.481 e. The Kier molecular flexibility index (Phi) is 6.48. The molecule has 0 saturated carbocycles. The molecule has 0 spiro atoms. The summed E-state index contributed by atoms with van der Waals surface area (Å²) in [5.41, 5.74) is 2.91. The molecule has 16 heteroatoms. The fourth-order valence-electron chi connectivity index (χ4n) is 3.50. The van der Waals surface area contributed by atoms with E-state index in [1.165, 1.54) is 4.90 Å². The van der Waals surface area contributed by atoms with E-state index in [1.54, 1.807) is 0 Å². The zero-order valence-corrected chi connectivity index (χ0v) is 17.0. The zero-order valence-electron chi connectivity index (χ0n) is 17.0. The Morgan fingerprint density at radius 2 is 1.97 bits per heavy atom. The van der Waals surface area contributed by atoms with Crippen molar-refractivity contribution in [2.75, 3.05) is 13.1 Å². The molecule has 1 aliphatic heterocycles. The number of amides is 1. The number of hydrogen-bond donors (Lipinski definition) is 2. The summed E-state index contributed by atoms with van der Waals surface area (Å²) in [6, 6.07) is -0.879. The van der Waals surface area contributed by atoms with Gasteiger partial charge in [0.1, 0.15) is 12.4 Å². The molecule has 0 radical (unpaired) electrons. The molecule has 2 aromatic rings. The quantitative estimate of drug-likeness (QED) is 0.439. The molecule has 1 saturated heterocycles. The van der Waals surface area contributed by atoms with Crippen LogP contribution in [0, 0.1) is 16.0 Å². The molecule has 0 aromatic carbocycles. The van der Waals surface area contributed by atoms with E-state index < -0.39 is 63.8 Å². The minimum Gasteiger partial charge on any atom is -0.481 e. The number of halogens is 3. The number of nitro groups is 1. The highest BCUT2D eigenvalue weighted by Crippen LogP contribution is 2.38. The van der Waals surface area contributed by atoms with Crippen molar-refractivity contribution in [3.05, 3.63) is 33.9 Å². The molecule has 1 amide bonds. The second kappa shape index (κ2) is 8.97. The number of rotatable bonds is 7. The molecule has 178 valence electrons. The van der Waals surface area contributed by atoms with E-state index in [0.29, 0.717) is 6.07 Å². The van der Waals surface area contributed by atoms with E-state index in [0.717, 1.165) is 18.1 Å². The van der Waals surface area contributed by atoms with Gasteiger partial charge in [-0.3, -0.25) is 24.6 Å². The molecule has 33 heavy (non-hydrogen) atoms. The maximum atomic E-state index is 12.9. The number of carboxylic acids is 1. The number of nitrogens with zero attached hydrogens (tertiary/aromatic N) is 6. The summed E-state index contributed by atoms with van der Waals surface area (Å²) in [7, 11) is 1.14. The Labute approximate surface area is 183 Å². The van der Waals surface area contributed by atoms with Crippen LogP contribution < -0.4 is 10.5 Å². The average Bonchev–Trinajstić information content (AvgIpc) is 3.09. The first-order valence-corrected chi connectivity index (χ1v) is 9.44. The molecule has 1 fully saturated rings. The van der Waals surface area contributed by atoms with Gasteiger partial charge in [-0.2, -0.15) is 23.3 Å². The summed E-state index contributed by atoms with van der Waals surface area (Å²) in [6.07, 6.45) is -3.58. The second-order valence-corrected chi connectivity index (χ2v) is 7.21. The fourth-order valence-corrected chi connectivity index (χ4v) is 3.50. The lowest BCUT2D eigenvalue weighted by Crippen LogP contribution is -2.44. The first-order valence-electron chi connectivity index (χ1n) is 9.44. The predicted molar refractivity (Wildman–Crippen MR) is 101 cm³/mol. The molecular formula is C17H18F3N7O6. The summed E-state index contributed by atoms with van der Waals surface area (Å²) in [4.78, 5) is 43.2. The Bertz CT molecular complexity index is 1080. The number of aryl methyl sites for hydroxylation is 1. The summed E-state index contributed by atoms with van der Waals surface area (Å²) in [5.74, 6) is -3.83. The standard InChI is InChI=1S/C17H18F3N7O6/c1-25-10(6-9(24-25)17(18,19)20)33-15-13(27(31)32)11(22-7-23-15)12(14(21)28)26-4-2-8(3-5-26)16(29)30/h6-8,12H,2-5H2,1H3,(H2,21,28)(H,29,30). The lowest BCUT2D eigenvalue weighted by molar-refractivity contribution is -0.387. The van der Waals surface area contributed by atoms with E-state index in [4.69, 9.17) is 15.6 Å². The van der Waals surface area contributed by atoms with Crippen LogP contribution in [0.5, 0.6) is 11.8 Å². The van der Waals surface area contributed by atoms with Crippen molar-refractivity contribution < 1.29 is 37.5 Å². The van der Waals surface area contributed by atoms with Gasteiger partial charge in [0, 0.05) is 26.2 Å². The number of carboxylic acid groups (broad SMARTS) is 1. The van der Waals surface area contributed by atoms with Crippen LogP contribution in [0.2, 0.25) is 0 Å². The smallest absolute Gasteiger partial charge is 0.435 e. The van der Waals surface area contributed by atoms with Gasteiger partial charge in [0.2, 0.25) is 11.8 Å². The van der Waals surface area contributed by atoms with Crippen LogP contribution in [0.3, 0.4) is 0 Å². The monoisotopic (exact) mass is 473 g/mol. The third-order valence-corrected chi connectivity index (χ3v) is 5.10. The number of alkyl halides is 3. The number of aromatic nitrogens is 4. The van der Waals surface area contributed by atoms with Crippen LogP contribution in [0.4, 0.5) is 18.9 Å². The molecule has 1 atom stereocenters. The highest BCUT2D eigenvalue weighted by molar-refractivity contribution is 5.82. The van der Waals surface area contributed by atoms with Crippen LogP contribution in [0.1, 0.15) is 30.3 Å². The third-order valence-electron chi connectivity index (χ3n) is 5.10. The molecule has 2 aromatic heterocycles. The molecule has 1 unspecified atom stereocenters. The van der Waals surface area contributed by atoms with E-state index >= 15 is 0 Å². The predicted octanol–water partition coefficient (Wildman–Crippen LogP) is 1.25. The maximum Gasteiger partial charge on any atom is 0.435 e. The van der Waals surface area contributed by atoms with Crippen LogP contribution in [-0.4, -0.2) is 59.6 Å². The van der Waals surface area contributed by atoms with Crippen molar-refractivity contribution in [3.8, 4) is 11.8 Å². The van der Waals surface area contributed by atoms with Crippen molar-refractivity contribution in [2.45, 2.75) is 25.1 Å². The van der Waals surface area contributed by atoms with Gasteiger partial charge in [0.25, 0.3) is 0 Å². The van der Waals surface area contributed by atoms with Gasteiger partial charge >= 0.3 is 23.7 Å². The zero-order chi connectivity index (χ0) is 24.5. The van der Waals surface area contributed by atoms with Gasteiger partial charge in [-0.15, -0.1) is 0 Å². The van der Waals surface area contributed by atoms with Crippen LogP contribution in [0.25, 0.3) is 0 Å². The second-order valence-electron chi connectivity index (χ2n) is 7.21. The molecule has 3 rings (SSSR count). The lowest BCUT2D eigenvalue weighted by Gasteiger charge is -2.34. The topological polar surface area (TPSA) is 180 Å². The number of carbonyl (C=O) groups excluding carboxylic acids is 1. The van der Waals surface area contributed by atoms with Gasteiger partial charge in [-0.1, -0.05) is 0 Å². The molecule has 0 bridgehead atoms. The minimum absolute atomic E-state index is 0.0958. The van der Waals surface area contributed by atoms with Crippen molar-refractivity contribution >= 4 is 17.6 Å². The van der Waals surface area contributed by atoms with Crippen molar-refractivity contribution in [1.29, 1.82) is 0 Å². The Balaban J connectivity index is 1.99. The van der Waals surface area contributed by atoms with E-state index in [2.05, 4.69) is 15.1 Å². The number of ether oxygens (including phenoxy) is 1. The van der Waals surface area contributed by atoms with Crippen LogP contribution in [-0.2, 0) is 22.8 Å². The normalized spacial score (nSPS) is 16.4. The number of piperidine rings is 1. The summed E-state index contributed by atoms with van der Waals surface area (Å²) in [6.45, 7) is 0.192. The number of carbonyl (C=O) groups is 2. The van der Waals surface area contributed by atoms with Gasteiger partial charge in [0.15, 0.2) is 11.4 Å². The lowest BCUT2D eigenvalue weighted by atomic mass is 9.95. The molecule has 3 N–H and O–H groups in total. The molecule has 0 aliphatic carbocycles. The van der Waals surface area contributed by atoms with Crippen molar-refractivity contribution in [2.24, 2.45) is 18.7 Å². The van der Waals surface area contributed by atoms with Crippen molar-refractivity contribution in [3.63, 3.8) is 0 Å². The third kappa shape index (κ3) is 5.00. The number of aliphatic carboxylic acids is 1. The SMILES string of the molecule is Cn1nc(C(F)(F)F)cc1Oc1ncnc(C(C(N)=O)N2CCC(C(=O)O)CC2)c1[N+](=O)[O-]. The Morgan fingerprint density at radius 3 is 2.45 bits per heavy atom. The van der Waals surface area contributed by atoms with Gasteiger partial charge in [-0.25, -0.2) is 9.67 Å². The highest BCUT2D eigenvalue weighted by Gasteiger charge is 2.40. The number of primary amides is 1. The van der Waals surface area contributed by atoms with E-state index in [-0.39, 0.29) is 25.9 Å². The first-order chi connectivity index (χ1) is 15.4. The van der Waals surface area contributed by atoms with Crippen molar-refractivity contribution in [1.82, 2.24) is 24.6 Å². The van der Waals surface area contributed by atoms with Gasteiger partial charge in [0.05, 0.1) is 10.8 Å². The number of hydrogen-bond acceptors (Lipinski definition) is 9. The summed E-state index contributed by atoms with van der Waals surface area (Å²) < 4.78 is 44.7. The van der Waals surface area contributed by atoms with E-state index in [1.807, 2.05) is 0 Å². The Hall–Kier alpha value is -3.82. The number of nitrogens with two attached hydrogens (primary N) is 1. The minimum atomic E-state index is -4.78. The Morgan fingerprint density at radius 1 is 1.33 bits per heavy atom. The summed E-state index contributed by atoms with van der Waals surface area (Å²) in [5, 5.41) is 24.2. The first kappa shape index (κ1) is 23.8. The maximum absolute atomic E-state index is 12.9. The molecular weight excluding hydrogens is 455 g/mol. The molecule has 1 aliphatic rings. The highest BCUT2D eigenvalue weighted by atomic mass is 19.4. The average molecular weight is 473 g/mol. The number of likely N-dealkylation sites (tertiary alicyclic amines) is 1. The van der Waals surface area contributed by atoms with Crippen LogP contribution in [0.15, 0.2) is 12.4 Å². The summed E-state index contributed by atoms with van der Waals surface area (Å²) >= 11 is 0. The van der Waals surface area contributed by atoms with Gasteiger partial charge < -0.3 is 15.6 Å². The fraction of sp³-hybridized carbons (Fsp3) is 0.471. The van der Waals surface area contributed by atoms with Crippen LogP contribution >= 0.6 is 0 Å². The van der Waals surface area contributed by atoms with E-state index in [9.17, 15) is 32.9 Å². The molecule has 3 heterocycles. The van der Waals surface area contributed by atoms with Gasteiger partial charge in [-0.05, 0) is 12.8 Å².